The van der Waals surface area contributed by atoms with Crippen molar-refractivity contribution in [1.29, 1.82) is 0 Å². The molecular formula is C26H38ClN3O4S2. The summed E-state index contributed by atoms with van der Waals surface area (Å²) in [5, 5.41) is 0.738. The number of nitrogens with zero attached hydrogens (tertiary/aromatic N) is 3. The largest absolute Gasteiger partial charge is 0.347 e. The van der Waals surface area contributed by atoms with Gasteiger partial charge in [-0.25, -0.2) is 8.51 Å². The normalized spacial score (nSPS) is 37.3. The summed E-state index contributed by atoms with van der Waals surface area (Å²) in [5.41, 5.74) is 0. The molecule has 4 saturated heterocycles. The third kappa shape index (κ3) is 4.46. The number of fused-ring (bicyclic) bond motifs is 1. The average molecular weight is 556 g/mol. The van der Waals surface area contributed by atoms with Gasteiger partial charge in [-0.3, -0.25) is 9.69 Å². The Morgan fingerprint density at radius 2 is 1.72 bits per heavy atom. The summed E-state index contributed by atoms with van der Waals surface area (Å²) in [6.07, 6.45) is 7.07. The molecule has 0 N–H and O–H groups in total. The Morgan fingerprint density at radius 3 is 2.44 bits per heavy atom. The fourth-order valence-electron chi connectivity index (χ4n) is 6.81. The van der Waals surface area contributed by atoms with Gasteiger partial charge in [-0.05, 0) is 66.3 Å². The van der Waals surface area contributed by atoms with Crippen LogP contribution >= 0.6 is 11.6 Å². The molecule has 6 rings (SSSR count). The van der Waals surface area contributed by atoms with E-state index in [0.717, 1.165) is 76.0 Å². The van der Waals surface area contributed by atoms with E-state index in [0.29, 0.717) is 30.0 Å². The van der Waals surface area contributed by atoms with Gasteiger partial charge in [0.05, 0.1) is 26.8 Å². The monoisotopic (exact) mass is 555 g/mol. The van der Waals surface area contributed by atoms with Crippen LogP contribution < -0.4 is 0 Å². The van der Waals surface area contributed by atoms with Crippen LogP contribution in [0, 0.1) is 0 Å². The molecular weight excluding hydrogens is 518 g/mol. The quantitative estimate of drug-likeness (QED) is 0.549. The lowest BCUT2D eigenvalue weighted by atomic mass is 9.98. The highest BCUT2D eigenvalue weighted by molar-refractivity contribution is 8.52. The SMILES string of the molecule is C[C@@H]1CCC[C@@H]2CS(C(=O)N3CCCC(N4CCC5(CC4)OCCO5)C3)=S(=O)(c3ccc(Cl)cc3)N21. The van der Waals surface area contributed by atoms with Gasteiger partial charge >= 0.3 is 0 Å². The van der Waals surface area contributed by atoms with Gasteiger partial charge in [0.1, 0.15) is 0 Å². The van der Waals surface area contributed by atoms with Crippen molar-refractivity contribution in [3.05, 3.63) is 29.3 Å². The Kier molecular flexibility index (Phi) is 7.20. The summed E-state index contributed by atoms with van der Waals surface area (Å²) < 4.78 is 29.1. The van der Waals surface area contributed by atoms with E-state index in [2.05, 4.69) is 16.1 Å². The van der Waals surface area contributed by atoms with Crippen molar-refractivity contribution >= 4 is 35.0 Å². The predicted molar refractivity (Wildman–Crippen MR) is 144 cm³/mol. The molecule has 36 heavy (non-hydrogen) atoms. The Bertz CT molecular complexity index is 1110. The molecule has 7 nitrogen and oxygen atoms in total. The third-order valence-corrected chi connectivity index (χ3v) is 16.5. The fourth-order valence-corrected chi connectivity index (χ4v) is 15.4. The zero-order valence-electron chi connectivity index (χ0n) is 21.1. The van der Waals surface area contributed by atoms with Gasteiger partial charge in [0, 0.05) is 67.9 Å². The minimum Gasteiger partial charge on any atom is -0.347 e. The lowest BCUT2D eigenvalue weighted by Gasteiger charge is -2.44. The molecule has 5 aliphatic heterocycles. The van der Waals surface area contributed by atoms with Gasteiger partial charge in [-0.2, -0.15) is 0 Å². The van der Waals surface area contributed by atoms with Crippen molar-refractivity contribution in [2.75, 3.05) is 45.1 Å². The number of carbonyl (C=O) groups is 1. The summed E-state index contributed by atoms with van der Waals surface area (Å²) in [5.74, 6) is 0.337. The number of ether oxygens (including phenoxy) is 2. The smallest absolute Gasteiger partial charge is 0.284 e. The molecule has 1 aromatic carbocycles. The number of likely N-dealkylation sites (tertiary alicyclic amines) is 2. The summed E-state index contributed by atoms with van der Waals surface area (Å²) in [7, 11) is -3.54. The molecule has 5 atom stereocenters. The first-order chi connectivity index (χ1) is 17.4. The van der Waals surface area contributed by atoms with Crippen molar-refractivity contribution < 1.29 is 18.5 Å². The van der Waals surface area contributed by atoms with Crippen LogP contribution in [0.25, 0.3) is 0 Å². The van der Waals surface area contributed by atoms with E-state index in [1.807, 2.05) is 29.2 Å². The molecule has 0 aromatic heterocycles. The van der Waals surface area contributed by atoms with Gasteiger partial charge in [0.25, 0.3) is 5.24 Å². The molecule has 3 unspecified atom stereocenters. The number of carbonyl (C=O) groups excluding carboxylic acids is 1. The maximum Gasteiger partial charge on any atom is 0.284 e. The maximum atomic E-state index is 15.0. The van der Waals surface area contributed by atoms with Crippen LogP contribution in [0.15, 0.2) is 29.2 Å². The number of piperidine rings is 3. The minimum absolute atomic E-state index is 0.109. The Morgan fingerprint density at radius 1 is 1.03 bits per heavy atom. The first-order valence-corrected chi connectivity index (χ1v) is 17.3. The first kappa shape index (κ1) is 25.6. The molecule has 5 aliphatic rings. The molecule has 1 amide bonds. The van der Waals surface area contributed by atoms with Crippen LogP contribution in [0.4, 0.5) is 4.79 Å². The predicted octanol–water partition coefficient (Wildman–Crippen LogP) is 4.11. The van der Waals surface area contributed by atoms with E-state index < -0.39 is 18.1 Å². The second-order valence-corrected chi connectivity index (χ2v) is 17.1. The van der Waals surface area contributed by atoms with Gasteiger partial charge < -0.3 is 14.4 Å². The van der Waals surface area contributed by atoms with E-state index in [9.17, 15) is 4.79 Å². The fraction of sp³-hybridized carbons (Fsp3) is 0.731. The number of benzene rings is 1. The van der Waals surface area contributed by atoms with Crippen molar-refractivity contribution in [3.63, 3.8) is 0 Å². The summed E-state index contributed by atoms with van der Waals surface area (Å²) in [6.45, 7) is 6.93. The summed E-state index contributed by atoms with van der Waals surface area (Å²) in [6, 6.07) is 8.18. The second-order valence-electron chi connectivity index (χ2n) is 10.9. The van der Waals surface area contributed by atoms with Gasteiger partial charge in [-0.1, -0.05) is 18.0 Å². The van der Waals surface area contributed by atoms with Gasteiger partial charge in [0.2, 0.25) is 0 Å². The van der Waals surface area contributed by atoms with Crippen molar-refractivity contribution in [3.8, 4) is 0 Å². The molecule has 200 valence electrons. The van der Waals surface area contributed by atoms with Gasteiger partial charge in [0.15, 0.2) is 5.79 Å². The zero-order chi connectivity index (χ0) is 24.9. The molecule has 0 radical (unpaired) electrons. The highest BCUT2D eigenvalue weighted by Crippen LogP contribution is 2.39. The lowest BCUT2D eigenvalue weighted by molar-refractivity contribution is -0.188. The number of hydrogen-bond donors (Lipinski definition) is 0. The van der Waals surface area contributed by atoms with Crippen LogP contribution in [0.2, 0.25) is 5.02 Å². The van der Waals surface area contributed by atoms with E-state index in [-0.39, 0.29) is 23.1 Å². The summed E-state index contributed by atoms with van der Waals surface area (Å²) >= 11 is 6.18. The van der Waals surface area contributed by atoms with Crippen molar-refractivity contribution in [2.45, 2.75) is 80.7 Å². The minimum atomic E-state index is -2.68. The molecule has 1 spiro atoms. The molecule has 0 aliphatic carbocycles. The average Bonchev–Trinajstić information content (AvgIpc) is 3.48. The topological polar surface area (TPSA) is 62.3 Å². The lowest BCUT2D eigenvalue weighted by Crippen LogP contribution is -2.55. The Labute approximate surface area is 222 Å². The van der Waals surface area contributed by atoms with E-state index in [1.165, 1.54) is 0 Å². The first-order valence-electron chi connectivity index (χ1n) is 13.5. The second kappa shape index (κ2) is 10.1. The Balaban J connectivity index is 1.26. The van der Waals surface area contributed by atoms with Gasteiger partial charge in [-0.15, -0.1) is 0 Å². The number of hydrogen-bond acceptors (Lipinski definition) is 5. The van der Waals surface area contributed by atoms with Crippen molar-refractivity contribution in [1.82, 2.24) is 14.1 Å². The van der Waals surface area contributed by atoms with Crippen molar-refractivity contribution in [2.24, 2.45) is 0 Å². The molecule has 1 aromatic rings. The van der Waals surface area contributed by atoms with E-state index in [4.69, 9.17) is 21.1 Å². The highest BCUT2D eigenvalue weighted by atomic mass is 35.5. The van der Waals surface area contributed by atoms with Crippen LogP contribution in [-0.2, 0) is 27.6 Å². The van der Waals surface area contributed by atoms with E-state index in [1.54, 1.807) is 0 Å². The maximum absolute atomic E-state index is 15.0. The molecule has 10 heteroatoms. The third-order valence-electron chi connectivity index (χ3n) is 8.70. The molecule has 5 heterocycles. The zero-order valence-corrected chi connectivity index (χ0v) is 23.5. The number of amides is 1. The van der Waals surface area contributed by atoms with Crippen LogP contribution in [0.3, 0.4) is 0 Å². The van der Waals surface area contributed by atoms with E-state index >= 15 is 4.21 Å². The van der Waals surface area contributed by atoms with Crippen LogP contribution in [-0.4, -0.2) is 92.6 Å². The standard InChI is InChI=1S/C26H38ClN3O4S2/c1-20-4-2-5-23-19-35(36(32,30(20)23)24-9-7-21(27)8-10-24)25(31)29-13-3-6-22(18-29)28-14-11-26(12-15-28)33-16-17-34-26/h7-10,20,22-23H,2-6,11-19H2,1H3/t20-,22?,23-,35?,36?/m1/s1. The van der Waals surface area contributed by atoms with Crippen LogP contribution in [0.1, 0.15) is 51.9 Å². The Hall–Kier alpha value is -0.680. The molecule has 4 fully saturated rings. The number of rotatable bonds is 2. The molecule has 0 saturated carbocycles. The molecule has 0 bridgehead atoms. The van der Waals surface area contributed by atoms with Crippen LogP contribution in [0.5, 0.6) is 0 Å². The summed E-state index contributed by atoms with van der Waals surface area (Å²) in [4.78, 5) is 19.5. The highest BCUT2D eigenvalue weighted by Gasteiger charge is 2.47. The number of halogens is 1.